The number of primary amides is 1. The summed E-state index contributed by atoms with van der Waals surface area (Å²) in [6, 6.07) is 13.7. The molecule has 0 unspecified atom stereocenters. The van der Waals surface area contributed by atoms with Gasteiger partial charge in [0.25, 0.3) is 0 Å². The Labute approximate surface area is 185 Å². The number of hydrogen-bond acceptors (Lipinski definition) is 4. The number of imidazole rings is 1. The second-order valence-electron chi connectivity index (χ2n) is 7.32. The summed E-state index contributed by atoms with van der Waals surface area (Å²) < 4.78 is 15.3. The van der Waals surface area contributed by atoms with Gasteiger partial charge in [0.05, 0.1) is 11.4 Å². The van der Waals surface area contributed by atoms with E-state index in [2.05, 4.69) is 24.9 Å². The lowest BCUT2D eigenvalue weighted by Crippen LogP contribution is -2.35. The van der Waals surface area contributed by atoms with Gasteiger partial charge in [0.15, 0.2) is 5.16 Å². The molecule has 162 valence electrons. The molecule has 2 N–H and O–H groups in total. The standard InChI is InChI=1S/C23H25FN4O2S/c1-16(2)19-5-3-4-6-20(19)28-14-12-26-23(28)31-15-22(30)27(13-11-21(25)29)18-9-7-17(24)8-10-18/h3-10,12,14,16H,11,13,15H2,1-2H3,(H2,25,29). The van der Waals surface area contributed by atoms with Gasteiger partial charge in [0.1, 0.15) is 5.82 Å². The number of halogens is 1. The van der Waals surface area contributed by atoms with Crippen LogP contribution in [0.4, 0.5) is 10.1 Å². The Morgan fingerprint density at radius 3 is 2.55 bits per heavy atom. The molecule has 0 spiro atoms. The molecule has 8 heteroatoms. The lowest BCUT2D eigenvalue weighted by Gasteiger charge is -2.22. The van der Waals surface area contributed by atoms with Crippen molar-refractivity contribution in [3.63, 3.8) is 0 Å². The molecular formula is C23H25FN4O2S. The third-order valence-electron chi connectivity index (χ3n) is 4.77. The van der Waals surface area contributed by atoms with E-state index in [-0.39, 0.29) is 24.6 Å². The van der Waals surface area contributed by atoms with Gasteiger partial charge < -0.3 is 10.6 Å². The zero-order chi connectivity index (χ0) is 22.4. The van der Waals surface area contributed by atoms with Gasteiger partial charge in [-0.2, -0.15) is 0 Å². The summed E-state index contributed by atoms with van der Waals surface area (Å²) in [5, 5.41) is 0.690. The highest BCUT2D eigenvalue weighted by atomic mass is 32.2. The molecule has 0 atom stereocenters. The maximum Gasteiger partial charge on any atom is 0.237 e. The molecule has 2 aromatic carbocycles. The molecule has 2 amide bonds. The molecule has 0 aliphatic rings. The number of nitrogens with two attached hydrogens (primary N) is 1. The van der Waals surface area contributed by atoms with Crippen LogP contribution >= 0.6 is 11.8 Å². The Morgan fingerprint density at radius 1 is 1.16 bits per heavy atom. The van der Waals surface area contributed by atoms with Gasteiger partial charge in [-0.05, 0) is 41.8 Å². The van der Waals surface area contributed by atoms with Crippen molar-refractivity contribution < 1.29 is 14.0 Å². The highest BCUT2D eigenvalue weighted by Crippen LogP contribution is 2.27. The van der Waals surface area contributed by atoms with Gasteiger partial charge in [0.2, 0.25) is 11.8 Å². The van der Waals surface area contributed by atoms with Gasteiger partial charge in [-0.3, -0.25) is 14.2 Å². The quantitative estimate of drug-likeness (QED) is 0.507. The Kier molecular flexibility index (Phi) is 7.46. The Morgan fingerprint density at radius 2 is 1.87 bits per heavy atom. The van der Waals surface area contributed by atoms with Gasteiger partial charge in [-0.1, -0.05) is 43.8 Å². The maximum absolute atomic E-state index is 13.3. The van der Waals surface area contributed by atoms with Crippen molar-refractivity contribution >= 4 is 29.3 Å². The number of amides is 2. The molecule has 3 aromatic rings. The number of benzene rings is 2. The van der Waals surface area contributed by atoms with Crippen molar-refractivity contribution in [1.82, 2.24) is 9.55 Å². The summed E-state index contributed by atoms with van der Waals surface area (Å²) in [4.78, 5) is 30.1. The first kappa shape index (κ1) is 22.6. The molecule has 3 rings (SSSR count). The number of carbonyl (C=O) groups is 2. The van der Waals surface area contributed by atoms with Crippen LogP contribution in [0.25, 0.3) is 5.69 Å². The molecule has 1 aromatic heterocycles. The van der Waals surface area contributed by atoms with E-state index in [0.717, 1.165) is 5.69 Å². The van der Waals surface area contributed by atoms with Crippen LogP contribution in [-0.2, 0) is 9.59 Å². The highest BCUT2D eigenvalue weighted by Gasteiger charge is 2.19. The average Bonchev–Trinajstić information content (AvgIpc) is 3.22. The van der Waals surface area contributed by atoms with Crippen LogP contribution in [0.1, 0.15) is 31.7 Å². The first-order valence-corrected chi connectivity index (χ1v) is 10.9. The number of thioether (sulfide) groups is 1. The number of rotatable bonds is 9. The first-order valence-electron chi connectivity index (χ1n) is 9.96. The van der Waals surface area contributed by atoms with Crippen molar-refractivity contribution in [1.29, 1.82) is 0 Å². The third kappa shape index (κ3) is 5.73. The number of nitrogens with zero attached hydrogens (tertiary/aromatic N) is 3. The van der Waals surface area contributed by atoms with Crippen molar-refractivity contribution in [2.45, 2.75) is 31.3 Å². The van der Waals surface area contributed by atoms with E-state index in [1.807, 2.05) is 29.0 Å². The van der Waals surface area contributed by atoms with Crippen LogP contribution in [0.3, 0.4) is 0 Å². The number of carbonyl (C=O) groups excluding carboxylic acids is 2. The molecule has 0 saturated carbocycles. The second-order valence-corrected chi connectivity index (χ2v) is 8.26. The largest absolute Gasteiger partial charge is 0.370 e. The normalized spacial score (nSPS) is 11.0. The summed E-state index contributed by atoms with van der Waals surface area (Å²) in [5.74, 6) is -0.679. The number of para-hydroxylation sites is 1. The topological polar surface area (TPSA) is 81.2 Å². The van der Waals surface area contributed by atoms with Crippen LogP contribution in [0.5, 0.6) is 0 Å². The highest BCUT2D eigenvalue weighted by molar-refractivity contribution is 7.99. The number of aromatic nitrogens is 2. The predicted molar refractivity (Wildman–Crippen MR) is 121 cm³/mol. The summed E-state index contributed by atoms with van der Waals surface area (Å²) in [6.45, 7) is 4.39. The van der Waals surface area contributed by atoms with Crippen LogP contribution in [-0.4, -0.2) is 33.7 Å². The minimum absolute atomic E-state index is 0.0180. The summed E-state index contributed by atoms with van der Waals surface area (Å²) in [6.07, 6.45) is 3.60. The number of anilines is 1. The summed E-state index contributed by atoms with van der Waals surface area (Å²) in [7, 11) is 0. The van der Waals surface area contributed by atoms with Gasteiger partial charge in [-0.15, -0.1) is 0 Å². The van der Waals surface area contributed by atoms with Crippen molar-refractivity contribution in [3.05, 3.63) is 72.3 Å². The van der Waals surface area contributed by atoms with Crippen LogP contribution in [0.15, 0.2) is 66.1 Å². The molecule has 0 saturated heterocycles. The Bertz CT molecular complexity index is 1050. The molecule has 0 bridgehead atoms. The molecule has 0 radical (unpaired) electrons. The fraction of sp³-hybridized carbons (Fsp3) is 0.261. The van der Waals surface area contributed by atoms with E-state index >= 15 is 0 Å². The molecule has 1 heterocycles. The van der Waals surface area contributed by atoms with Crippen molar-refractivity contribution in [2.24, 2.45) is 5.73 Å². The molecule has 0 aliphatic carbocycles. The van der Waals surface area contributed by atoms with Crippen molar-refractivity contribution in [2.75, 3.05) is 17.2 Å². The Balaban J connectivity index is 1.78. The molecule has 0 aliphatic heterocycles. The smallest absolute Gasteiger partial charge is 0.237 e. The minimum Gasteiger partial charge on any atom is -0.370 e. The lowest BCUT2D eigenvalue weighted by molar-refractivity contribution is -0.118. The predicted octanol–water partition coefficient (Wildman–Crippen LogP) is 4.14. The molecular weight excluding hydrogens is 415 g/mol. The van der Waals surface area contributed by atoms with E-state index < -0.39 is 11.7 Å². The van der Waals surface area contributed by atoms with Crippen LogP contribution in [0, 0.1) is 5.82 Å². The Hall–Kier alpha value is -3.13. The van der Waals surface area contributed by atoms with Crippen LogP contribution < -0.4 is 10.6 Å². The lowest BCUT2D eigenvalue weighted by atomic mass is 10.0. The molecule has 31 heavy (non-hydrogen) atoms. The fourth-order valence-corrected chi connectivity index (χ4v) is 4.06. The minimum atomic E-state index is -0.506. The second kappa shape index (κ2) is 10.3. The third-order valence-corrected chi connectivity index (χ3v) is 5.72. The fourth-order valence-electron chi connectivity index (χ4n) is 3.22. The van der Waals surface area contributed by atoms with E-state index in [4.69, 9.17) is 5.73 Å². The zero-order valence-corrected chi connectivity index (χ0v) is 18.3. The van der Waals surface area contributed by atoms with E-state index in [0.29, 0.717) is 16.8 Å². The van der Waals surface area contributed by atoms with Crippen LogP contribution in [0.2, 0.25) is 0 Å². The SMILES string of the molecule is CC(C)c1ccccc1-n1ccnc1SCC(=O)N(CCC(N)=O)c1ccc(F)cc1. The first-order chi connectivity index (χ1) is 14.9. The van der Waals surface area contributed by atoms with E-state index in [1.165, 1.54) is 46.5 Å². The van der Waals surface area contributed by atoms with Crippen molar-refractivity contribution in [3.8, 4) is 5.69 Å². The maximum atomic E-state index is 13.3. The van der Waals surface area contributed by atoms with E-state index in [1.54, 1.807) is 6.20 Å². The molecule has 0 fully saturated rings. The average molecular weight is 441 g/mol. The summed E-state index contributed by atoms with van der Waals surface area (Å²) in [5.41, 5.74) is 7.98. The number of hydrogen-bond donors (Lipinski definition) is 1. The summed E-state index contributed by atoms with van der Waals surface area (Å²) >= 11 is 1.31. The van der Waals surface area contributed by atoms with E-state index in [9.17, 15) is 14.0 Å². The van der Waals surface area contributed by atoms with Gasteiger partial charge in [0, 0.05) is 31.0 Å². The monoisotopic (exact) mass is 440 g/mol. The molecule has 6 nitrogen and oxygen atoms in total. The van der Waals surface area contributed by atoms with Gasteiger partial charge in [-0.25, -0.2) is 9.37 Å². The van der Waals surface area contributed by atoms with Gasteiger partial charge >= 0.3 is 0 Å². The zero-order valence-electron chi connectivity index (χ0n) is 17.5.